The highest BCUT2D eigenvalue weighted by Gasteiger charge is 2.38. The van der Waals surface area contributed by atoms with Crippen molar-refractivity contribution >= 4 is 0 Å². The summed E-state index contributed by atoms with van der Waals surface area (Å²) in [6.45, 7) is 2.47. The fraction of sp³-hybridized carbons (Fsp3) is 0.800. The lowest BCUT2D eigenvalue weighted by Gasteiger charge is -2.32. The lowest BCUT2D eigenvalue weighted by molar-refractivity contribution is 0.222. The van der Waals surface area contributed by atoms with Gasteiger partial charge < -0.3 is 0 Å². The Morgan fingerprint density at radius 2 is 2.30 bits per heavy atom. The molecule has 0 unspecified atom stereocenters. The Morgan fingerprint density at radius 3 is 3.10 bits per heavy atom. The molecule has 1 saturated carbocycles. The molecule has 0 aliphatic heterocycles. The second-order valence-electron chi connectivity index (χ2n) is 4.15. The summed E-state index contributed by atoms with van der Waals surface area (Å²) in [6.07, 6.45) is 11.9. The average molecular weight is 136 g/mol. The zero-order chi connectivity index (χ0) is 7.03. The Hall–Kier alpha value is -0.260. The Bertz CT molecular complexity index is 157. The number of allylic oxidation sites excluding steroid dienone is 2. The Balaban J connectivity index is 2.20. The standard InChI is InChI=1S/C10H16/c1-10-7-3-2-5-9(10)6-4-8-10/h2-3,9H,4-8H2,1H3/t9-,10+/m0/s1. The monoisotopic (exact) mass is 136 g/mol. The zero-order valence-electron chi connectivity index (χ0n) is 6.77. The van der Waals surface area contributed by atoms with E-state index < -0.39 is 0 Å². The van der Waals surface area contributed by atoms with Crippen LogP contribution in [0.4, 0.5) is 0 Å². The SMILES string of the molecule is C[C@]12CC=CC[C@H]1CCC2. The molecule has 2 rings (SSSR count). The van der Waals surface area contributed by atoms with Gasteiger partial charge in [-0.05, 0) is 37.0 Å². The van der Waals surface area contributed by atoms with Gasteiger partial charge in [0.05, 0.1) is 0 Å². The van der Waals surface area contributed by atoms with E-state index in [2.05, 4.69) is 19.1 Å². The minimum atomic E-state index is 0.703. The number of rotatable bonds is 0. The summed E-state index contributed by atoms with van der Waals surface area (Å²) in [7, 11) is 0. The van der Waals surface area contributed by atoms with E-state index in [4.69, 9.17) is 0 Å². The van der Waals surface area contributed by atoms with Crippen molar-refractivity contribution in [3.05, 3.63) is 12.2 Å². The molecule has 0 saturated heterocycles. The Labute approximate surface area is 63.3 Å². The third-order valence-electron chi connectivity index (χ3n) is 3.46. The van der Waals surface area contributed by atoms with E-state index in [0.29, 0.717) is 5.41 Å². The van der Waals surface area contributed by atoms with Gasteiger partial charge in [0.25, 0.3) is 0 Å². The summed E-state index contributed by atoms with van der Waals surface area (Å²) in [6, 6.07) is 0. The minimum Gasteiger partial charge on any atom is -0.0882 e. The van der Waals surface area contributed by atoms with Gasteiger partial charge in [-0.25, -0.2) is 0 Å². The maximum atomic E-state index is 2.47. The van der Waals surface area contributed by atoms with Crippen molar-refractivity contribution in [1.29, 1.82) is 0 Å². The molecule has 1 fully saturated rings. The molecule has 0 aromatic carbocycles. The molecule has 2 aliphatic rings. The van der Waals surface area contributed by atoms with Gasteiger partial charge in [-0.1, -0.05) is 25.5 Å². The number of hydrogen-bond donors (Lipinski definition) is 0. The van der Waals surface area contributed by atoms with Crippen LogP contribution in [0.3, 0.4) is 0 Å². The molecule has 0 N–H and O–H groups in total. The smallest absolute Gasteiger partial charge is 0.0260 e. The van der Waals surface area contributed by atoms with Crippen molar-refractivity contribution in [3.63, 3.8) is 0 Å². The molecule has 0 bridgehead atoms. The first kappa shape index (κ1) is 6.45. The van der Waals surface area contributed by atoms with E-state index in [1.807, 2.05) is 0 Å². The second-order valence-corrected chi connectivity index (χ2v) is 4.15. The summed E-state index contributed by atoms with van der Waals surface area (Å²) < 4.78 is 0. The van der Waals surface area contributed by atoms with E-state index in [9.17, 15) is 0 Å². The molecule has 0 nitrogen and oxygen atoms in total. The van der Waals surface area contributed by atoms with Crippen LogP contribution in [0.2, 0.25) is 0 Å². The maximum Gasteiger partial charge on any atom is -0.0260 e. The van der Waals surface area contributed by atoms with Crippen LogP contribution in [-0.2, 0) is 0 Å². The number of hydrogen-bond acceptors (Lipinski definition) is 0. The molecule has 56 valence electrons. The molecule has 0 radical (unpaired) electrons. The van der Waals surface area contributed by atoms with Crippen molar-refractivity contribution in [2.24, 2.45) is 11.3 Å². The van der Waals surface area contributed by atoms with Gasteiger partial charge in [0.2, 0.25) is 0 Å². The van der Waals surface area contributed by atoms with Crippen molar-refractivity contribution in [1.82, 2.24) is 0 Å². The summed E-state index contributed by atoms with van der Waals surface area (Å²) >= 11 is 0. The van der Waals surface area contributed by atoms with Gasteiger partial charge in [0.1, 0.15) is 0 Å². The van der Waals surface area contributed by atoms with Crippen LogP contribution in [-0.4, -0.2) is 0 Å². The van der Waals surface area contributed by atoms with Crippen LogP contribution in [0.25, 0.3) is 0 Å². The molecule has 0 amide bonds. The molecular weight excluding hydrogens is 120 g/mol. The molecule has 10 heavy (non-hydrogen) atoms. The zero-order valence-corrected chi connectivity index (χ0v) is 6.77. The highest BCUT2D eigenvalue weighted by Crippen LogP contribution is 2.49. The van der Waals surface area contributed by atoms with Crippen molar-refractivity contribution in [2.45, 2.75) is 39.0 Å². The van der Waals surface area contributed by atoms with Crippen LogP contribution in [0.5, 0.6) is 0 Å². The second kappa shape index (κ2) is 2.11. The first-order chi connectivity index (χ1) is 4.81. The highest BCUT2D eigenvalue weighted by atomic mass is 14.4. The van der Waals surface area contributed by atoms with Crippen molar-refractivity contribution < 1.29 is 0 Å². The first-order valence-corrected chi connectivity index (χ1v) is 4.46. The fourth-order valence-electron chi connectivity index (χ4n) is 2.59. The third kappa shape index (κ3) is 0.817. The predicted octanol–water partition coefficient (Wildman–Crippen LogP) is 3.14. The van der Waals surface area contributed by atoms with Gasteiger partial charge in [-0.2, -0.15) is 0 Å². The normalized spacial score (nSPS) is 45.5. The highest BCUT2D eigenvalue weighted by molar-refractivity contribution is 5.03. The molecule has 0 aromatic heterocycles. The molecule has 2 atom stereocenters. The predicted molar refractivity (Wildman–Crippen MR) is 43.8 cm³/mol. The Kier molecular flexibility index (Phi) is 1.36. The van der Waals surface area contributed by atoms with Crippen LogP contribution < -0.4 is 0 Å². The molecule has 0 aromatic rings. The lowest BCUT2D eigenvalue weighted by atomic mass is 9.73. The Morgan fingerprint density at radius 1 is 1.40 bits per heavy atom. The average Bonchev–Trinajstić information content (AvgIpc) is 2.29. The van der Waals surface area contributed by atoms with E-state index in [-0.39, 0.29) is 0 Å². The summed E-state index contributed by atoms with van der Waals surface area (Å²) in [5, 5.41) is 0. The van der Waals surface area contributed by atoms with Gasteiger partial charge in [0, 0.05) is 0 Å². The van der Waals surface area contributed by atoms with E-state index >= 15 is 0 Å². The lowest BCUT2D eigenvalue weighted by Crippen LogP contribution is -2.22. The van der Waals surface area contributed by atoms with Gasteiger partial charge in [-0.3, -0.25) is 0 Å². The fourth-order valence-corrected chi connectivity index (χ4v) is 2.59. The minimum absolute atomic E-state index is 0.703. The van der Waals surface area contributed by atoms with Crippen molar-refractivity contribution in [2.75, 3.05) is 0 Å². The maximum absolute atomic E-state index is 2.47. The van der Waals surface area contributed by atoms with Crippen LogP contribution in [0.15, 0.2) is 12.2 Å². The number of fused-ring (bicyclic) bond motifs is 1. The summed E-state index contributed by atoms with van der Waals surface area (Å²) in [5.41, 5.74) is 0.703. The first-order valence-electron chi connectivity index (χ1n) is 4.46. The molecule has 2 aliphatic carbocycles. The molecular formula is C10H16. The third-order valence-corrected chi connectivity index (χ3v) is 3.46. The molecule has 0 heteroatoms. The van der Waals surface area contributed by atoms with Crippen LogP contribution in [0, 0.1) is 11.3 Å². The molecule has 0 spiro atoms. The summed E-state index contributed by atoms with van der Waals surface area (Å²) in [5.74, 6) is 1.03. The topological polar surface area (TPSA) is 0 Å². The quantitative estimate of drug-likeness (QED) is 0.449. The van der Waals surface area contributed by atoms with E-state index in [1.165, 1.54) is 32.1 Å². The van der Waals surface area contributed by atoms with Gasteiger partial charge in [-0.15, -0.1) is 0 Å². The van der Waals surface area contributed by atoms with Crippen molar-refractivity contribution in [3.8, 4) is 0 Å². The van der Waals surface area contributed by atoms with E-state index in [1.54, 1.807) is 0 Å². The van der Waals surface area contributed by atoms with Crippen LogP contribution in [0.1, 0.15) is 39.0 Å². The summed E-state index contributed by atoms with van der Waals surface area (Å²) in [4.78, 5) is 0. The van der Waals surface area contributed by atoms with Gasteiger partial charge in [0.15, 0.2) is 0 Å². The van der Waals surface area contributed by atoms with Gasteiger partial charge >= 0.3 is 0 Å². The molecule has 0 heterocycles. The largest absolute Gasteiger partial charge is 0.0882 e. The van der Waals surface area contributed by atoms with E-state index in [0.717, 1.165) is 5.92 Å². The van der Waals surface area contributed by atoms with Crippen LogP contribution >= 0.6 is 0 Å².